The zero-order valence-corrected chi connectivity index (χ0v) is 17.5. The summed E-state index contributed by atoms with van der Waals surface area (Å²) in [5.41, 5.74) is 1.12. The van der Waals surface area contributed by atoms with E-state index in [1.54, 1.807) is 13.4 Å². The highest BCUT2D eigenvalue weighted by Crippen LogP contribution is 2.23. The van der Waals surface area contributed by atoms with Gasteiger partial charge >= 0.3 is 0 Å². The third-order valence-corrected chi connectivity index (χ3v) is 5.11. The normalized spacial score (nSPS) is 16.2. The topological polar surface area (TPSA) is 89.5 Å². The number of rotatable bonds is 7. The van der Waals surface area contributed by atoms with Crippen LogP contribution >= 0.6 is 0 Å². The minimum Gasteiger partial charge on any atom is -0.497 e. The highest BCUT2D eigenvalue weighted by atomic mass is 16.5. The Balaban J connectivity index is 1.46. The van der Waals surface area contributed by atoms with Crippen LogP contribution in [0, 0.1) is 6.92 Å². The smallest absolute Gasteiger partial charge is 0.192 e. The van der Waals surface area contributed by atoms with Gasteiger partial charge in [-0.3, -0.25) is 0 Å². The lowest BCUT2D eigenvalue weighted by Crippen LogP contribution is -2.42. The first kappa shape index (κ1) is 20.0. The monoisotopic (exact) mass is 408 g/mol. The molecule has 8 heteroatoms. The van der Waals surface area contributed by atoms with Crippen LogP contribution in [0.2, 0.25) is 0 Å². The average molecular weight is 409 g/mol. The number of furan rings is 1. The first-order valence-corrected chi connectivity index (χ1v) is 10.3. The second-order valence-electron chi connectivity index (χ2n) is 7.35. The number of aromatic nitrogens is 3. The fourth-order valence-electron chi connectivity index (χ4n) is 3.58. The van der Waals surface area contributed by atoms with Gasteiger partial charge in [-0.15, -0.1) is 0 Å². The van der Waals surface area contributed by atoms with Crippen LogP contribution in [0.3, 0.4) is 0 Å². The lowest BCUT2D eigenvalue weighted by molar-refractivity contribution is 0.397. The Hall–Kier alpha value is -3.29. The summed E-state index contributed by atoms with van der Waals surface area (Å²) < 4.78 is 12.7. The number of fused-ring (bicyclic) bond motifs is 1. The van der Waals surface area contributed by atoms with E-state index in [-0.39, 0.29) is 6.04 Å². The molecule has 0 fully saturated rings. The molecule has 8 nitrogen and oxygen atoms in total. The number of hydrogen-bond donors (Lipinski definition) is 2. The van der Waals surface area contributed by atoms with Crippen LogP contribution in [-0.4, -0.2) is 34.4 Å². The second kappa shape index (κ2) is 9.47. The molecule has 0 saturated heterocycles. The van der Waals surface area contributed by atoms with Gasteiger partial charge in [-0.2, -0.15) is 5.10 Å². The number of methoxy groups -OCH3 is 1. The molecule has 0 aliphatic carbocycles. The van der Waals surface area contributed by atoms with Crippen LogP contribution in [0.25, 0.3) is 0 Å². The summed E-state index contributed by atoms with van der Waals surface area (Å²) in [5.74, 6) is 4.33. The number of aryl methyl sites for hydroxylation is 2. The summed E-state index contributed by atoms with van der Waals surface area (Å²) >= 11 is 0. The van der Waals surface area contributed by atoms with Crippen LogP contribution in [0.5, 0.6) is 5.75 Å². The molecule has 3 aromatic rings. The summed E-state index contributed by atoms with van der Waals surface area (Å²) in [6.07, 6.45) is 4.55. The van der Waals surface area contributed by atoms with Crippen molar-refractivity contribution < 1.29 is 9.15 Å². The van der Waals surface area contributed by atoms with Crippen molar-refractivity contribution in [2.24, 2.45) is 4.99 Å². The predicted octanol–water partition coefficient (Wildman–Crippen LogP) is 3.00. The van der Waals surface area contributed by atoms with E-state index in [0.29, 0.717) is 6.54 Å². The van der Waals surface area contributed by atoms with Gasteiger partial charge in [0.25, 0.3) is 0 Å². The van der Waals surface area contributed by atoms with Crippen LogP contribution in [0.4, 0.5) is 0 Å². The summed E-state index contributed by atoms with van der Waals surface area (Å²) in [4.78, 5) is 9.43. The Morgan fingerprint density at radius 1 is 1.30 bits per heavy atom. The number of guanidine groups is 1. The van der Waals surface area contributed by atoms with E-state index in [9.17, 15) is 0 Å². The first-order chi connectivity index (χ1) is 14.7. The SMILES string of the molecule is COc1ccc(CN=C(NCCc2ccco2)NC2CCCn3nc(C)nc32)cc1. The fraction of sp³-hybridized carbons (Fsp3) is 0.409. The van der Waals surface area contributed by atoms with E-state index in [1.807, 2.05) is 48.0 Å². The third kappa shape index (κ3) is 5.00. The van der Waals surface area contributed by atoms with E-state index in [1.165, 1.54) is 0 Å². The highest BCUT2D eigenvalue weighted by Gasteiger charge is 2.24. The van der Waals surface area contributed by atoms with Gasteiger partial charge in [-0.25, -0.2) is 14.7 Å². The van der Waals surface area contributed by atoms with Gasteiger partial charge in [0.05, 0.1) is 26.0 Å². The summed E-state index contributed by atoms with van der Waals surface area (Å²) in [6, 6.07) is 11.9. The second-order valence-corrected chi connectivity index (χ2v) is 7.35. The maximum absolute atomic E-state index is 5.43. The lowest BCUT2D eigenvalue weighted by Gasteiger charge is -2.25. The standard InChI is InChI=1S/C22H28N6O2/c1-16-25-21-20(6-3-13-28(21)27-16)26-22(23-12-11-19-5-4-14-30-19)24-15-17-7-9-18(29-2)10-8-17/h4-5,7-10,14,20H,3,6,11-13,15H2,1-2H3,(H2,23,24,26). The Bertz CT molecular complexity index is 962. The number of benzene rings is 1. The Kier molecular flexibility index (Phi) is 6.32. The van der Waals surface area contributed by atoms with Gasteiger partial charge in [0, 0.05) is 19.5 Å². The van der Waals surface area contributed by atoms with E-state index in [4.69, 9.17) is 14.1 Å². The molecule has 3 heterocycles. The van der Waals surface area contributed by atoms with Crippen molar-refractivity contribution in [2.45, 2.75) is 45.3 Å². The van der Waals surface area contributed by atoms with Crippen molar-refractivity contribution in [3.63, 3.8) is 0 Å². The molecule has 158 valence electrons. The molecule has 30 heavy (non-hydrogen) atoms. The average Bonchev–Trinajstić information content (AvgIpc) is 3.41. The maximum atomic E-state index is 5.43. The highest BCUT2D eigenvalue weighted by molar-refractivity contribution is 5.80. The maximum Gasteiger partial charge on any atom is 0.192 e. The molecule has 0 bridgehead atoms. The van der Waals surface area contributed by atoms with Crippen LogP contribution in [-0.2, 0) is 19.5 Å². The van der Waals surface area contributed by atoms with Crippen LogP contribution in [0.15, 0.2) is 52.1 Å². The molecule has 1 aliphatic rings. The molecule has 1 aromatic carbocycles. The van der Waals surface area contributed by atoms with Gasteiger partial charge in [0.15, 0.2) is 5.96 Å². The molecule has 1 atom stereocenters. The number of nitrogens with zero attached hydrogens (tertiary/aromatic N) is 4. The van der Waals surface area contributed by atoms with Gasteiger partial charge in [0.1, 0.15) is 23.2 Å². The van der Waals surface area contributed by atoms with E-state index >= 15 is 0 Å². The van der Waals surface area contributed by atoms with E-state index < -0.39 is 0 Å². The largest absolute Gasteiger partial charge is 0.497 e. The number of aliphatic imine (C=N–C) groups is 1. The molecule has 0 radical (unpaired) electrons. The first-order valence-electron chi connectivity index (χ1n) is 10.3. The zero-order valence-electron chi connectivity index (χ0n) is 17.5. The Morgan fingerprint density at radius 2 is 2.17 bits per heavy atom. The molecule has 1 unspecified atom stereocenters. The summed E-state index contributed by atoms with van der Waals surface area (Å²) in [6.45, 7) is 4.14. The van der Waals surface area contributed by atoms with Gasteiger partial charge in [0.2, 0.25) is 0 Å². The quantitative estimate of drug-likeness (QED) is 0.461. The molecular weight excluding hydrogens is 380 g/mol. The van der Waals surface area contributed by atoms with E-state index in [0.717, 1.165) is 67.0 Å². The van der Waals surface area contributed by atoms with Crippen LogP contribution < -0.4 is 15.4 Å². The van der Waals surface area contributed by atoms with Crippen molar-refractivity contribution in [3.05, 3.63) is 65.6 Å². The van der Waals surface area contributed by atoms with Crippen molar-refractivity contribution in [1.82, 2.24) is 25.4 Å². The minimum atomic E-state index is 0.0886. The molecule has 2 aromatic heterocycles. The lowest BCUT2D eigenvalue weighted by atomic mass is 10.1. The third-order valence-electron chi connectivity index (χ3n) is 5.11. The fourth-order valence-corrected chi connectivity index (χ4v) is 3.58. The zero-order chi connectivity index (χ0) is 20.8. The summed E-state index contributed by atoms with van der Waals surface area (Å²) in [7, 11) is 1.67. The molecule has 0 amide bonds. The van der Waals surface area contributed by atoms with Crippen molar-refractivity contribution in [1.29, 1.82) is 0 Å². The Labute approximate surface area is 176 Å². The van der Waals surface area contributed by atoms with Crippen molar-refractivity contribution >= 4 is 5.96 Å². The predicted molar refractivity (Wildman–Crippen MR) is 114 cm³/mol. The molecule has 1 aliphatic heterocycles. The minimum absolute atomic E-state index is 0.0886. The van der Waals surface area contributed by atoms with Gasteiger partial charge in [-0.05, 0) is 49.6 Å². The van der Waals surface area contributed by atoms with Crippen molar-refractivity contribution in [3.8, 4) is 5.75 Å². The number of nitrogens with one attached hydrogen (secondary N) is 2. The van der Waals surface area contributed by atoms with Gasteiger partial charge < -0.3 is 19.8 Å². The van der Waals surface area contributed by atoms with Gasteiger partial charge in [-0.1, -0.05) is 12.1 Å². The van der Waals surface area contributed by atoms with Crippen LogP contribution in [0.1, 0.15) is 41.9 Å². The van der Waals surface area contributed by atoms with E-state index in [2.05, 4.69) is 20.7 Å². The molecule has 0 spiro atoms. The molecule has 0 saturated carbocycles. The molecule has 4 rings (SSSR count). The Morgan fingerprint density at radius 3 is 2.93 bits per heavy atom. The summed E-state index contributed by atoms with van der Waals surface area (Å²) in [5, 5.41) is 11.5. The molecule has 2 N–H and O–H groups in total. The number of hydrogen-bond acceptors (Lipinski definition) is 5. The number of ether oxygens (including phenoxy) is 1. The molecular formula is C22H28N6O2. The van der Waals surface area contributed by atoms with Crippen molar-refractivity contribution in [2.75, 3.05) is 13.7 Å².